The Morgan fingerprint density at radius 2 is 2.17 bits per heavy atom. The Kier molecular flexibility index (Phi) is 4.82. The molecule has 0 spiro atoms. The van der Waals surface area contributed by atoms with Crippen LogP contribution in [0.15, 0.2) is 17.3 Å². The van der Waals surface area contributed by atoms with E-state index in [2.05, 4.69) is 15.5 Å². The summed E-state index contributed by atoms with van der Waals surface area (Å²) in [5.74, 6) is 1.91. The van der Waals surface area contributed by atoms with Gasteiger partial charge in [-0.25, -0.2) is 0 Å². The number of amides is 1. The second-order valence-corrected chi connectivity index (χ2v) is 7.67. The molecule has 0 aromatic carbocycles. The van der Waals surface area contributed by atoms with Gasteiger partial charge >= 0.3 is 0 Å². The van der Waals surface area contributed by atoms with Crippen LogP contribution in [0.1, 0.15) is 46.1 Å². The fourth-order valence-corrected chi connectivity index (χ4v) is 3.96. The highest BCUT2D eigenvalue weighted by Crippen LogP contribution is 2.39. The maximum atomic E-state index is 12.3. The van der Waals surface area contributed by atoms with Crippen LogP contribution in [0, 0.1) is 0 Å². The van der Waals surface area contributed by atoms with Gasteiger partial charge in [-0.05, 0) is 25.0 Å². The number of aromatic nitrogens is 3. The maximum absolute atomic E-state index is 12.3. The molecule has 0 bridgehead atoms. The number of ketones is 1. The quantitative estimate of drug-likeness (QED) is 0.613. The normalized spacial score (nSPS) is 14.0. The van der Waals surface area contributed by atoms with Crippen molar-refractivity contribution in [2.45, 2.75) is 37.4 Å². The molecule has 8 heteroatoms. The van der Waals surface area contributed by atoms with Crippen molar-refractivity contribution in [3.8, 4) is 0 Å². The highest BCUT2D eigenvalue weighted by atomic mass is 32.2. The van der Waals surface area contributed by atoms with Crippen molar-refractivity contribution in [1.82, 2.24) is 20.1 Å². The molecule has 122 valence electrons. The first-order valence-electron chi connectivity index (χ1n) is 7.43. The molecule has 2 aromatic rings. The summed E-state index contributed by atoms with van der Waals surface area (Å²) in [4.78, 5) is 24.9. The smallest absolute Gasteiger partial charge is 0.217 e. The first-order valence-corrected chi connectivity index (χ1v) is 9.23. The third-order valence-electron chi connectivity index (χ3n) is 3.59. The van der Waals surface area contributed by atoms with E-state index in [9.17, 15) is 9.59 Å². The number of thioether (sulfide) groups is 1. The lowest BCUT2D eigenvalue weighted by molar-refractivity contribution is -0.119. The highest BCUT2D eigenvalue weighted by Gasteiger charge is 2.29. The number of carbonyl (C=O) groups excluding carboxylic acids is 2. The largest absolute Gasteiger partial charge is 0.351 e. The molecule has 3 rings (SSSR count). The summed E-state index contributed by atoms with van der Waals surface area (Å²) in [5.41, 5.74) is 0. The predicted octanol–water partition coefficient (Wildman–Crippen LogP) is 2.37. The van der Waals surface area contributed by atoms with Crippen LogP contribution >= 0.6 is 23.1 Å². The van der Waals surface area contributed by atoms with E-state index in [1.165, 1.54) is 42.9 Å². The van der Waals surface area contributed by atoms with E-state index in [1.54, 1.807) is 0 Å². The minimum Gasteiger partial charge on any atom is -0.351 e. The molecule has 1 amide bonds. The molecule has 1 fully saturated rings. The standard InChI is InChI=1S/C15H18N4O2S2/c1-9(20)16-7-11-5-6-13(23-11)12(21)8-22-15-18-17-14(19(15)2)10-3-4-10/h5-6,10H,3-4,7-8H2,1-2H3,(H,16,20). The van der Waals surface area contributed by atoms with Crippen molar-refractivity contribution in [2.24, 2.45) is 7.05 Å². The monoisotopic (exact) mass is 350 g/mol. The highest BCUT2D eigenvalue weighted by molar-refractivity contribution is 7.99. The van der Waals surface area contributed by atoms with E-state index in [4.69, 9.17) is 0 Å². The Hall–Kier alpha value is -1.67. The minimum absolute atomic E-state index is 0.0735. The van der Waals surface area contributed by atoms with Gasteiger partial charge in [-0.2, -0.15) is 0 Å². The van der Waals surface area contributed by atoms with Crippen molar-refractivity contribution in [3.63, 3.8) is 0 Å². The second-order valence-electron chi connectivity index (χ2n) is 5.56. The third kappa shape index (κ3) is 4.00. The number of thiophene rings is 1. The summed E-state index contributed by atoms with van der Waals surface area (Å²) in [5, 5.41) is 11.9. The van der Waals surface area contributed by atoms with E-state index >= 15 is 0 Å². The summed E-state index contributed by atoms with van der Waals surface area (Å²) in [7, 11) is 1.96. The van der Waals surface area contributed by atoms with Crippen LogP contribution in [0.3, 0.4) is 0 Å². The van der Waals surface area contributed by atoms with E-state index in [0.717, 1.165) is 15.9 Å². The molecule has 0 aliphatic heterocycles. The predicted molar refractivity (Wildman–Crippen MR) is 89.9 cm³/mol. The third-order valence-corrected chi connectivity index (χ3v) is 5.74. The number of hydrogen-bond acceptors (Lipinski definition) is 6. The number of carbonyl (C=O) groups is 2. The van der Waals surface area contributed by atoms with Gasteiger partial charge < -0.3 is 9.88 Å². The topological polar surface area (TPSA) is 76.9 Å². The van der Waals surface area contributed by atoms with Crippen LogP contribution in [-0.4, -0.2) is 32.2 Å². The van der Waals surface area contributed by atoms with Gasteiger partial charge in [0.2, 0.25) is 5.91 Å². The number of hydrogen-bond donors (Lipinski definition) is 1. The first kappa shape index (κ1) is 16.2. The molecule has 0 atom stereocenters. The molecular formula is C15H18N4O2S2. The Morgan fingerprint density at radius 3 is 2.87 bits per heavy atom. The fourth-order valence-electron chi connectivity index (χ4n) is 2.18. The number of Topliss-reactive ketones (excluding diaryl/α,β-unsaturated/α-hetero) is 1. The van der Waals surface area contributed by atoms with Gasteiger partial charge in [0, 0.05) is 24.8 Å². The fraction of sp³-hybridized carbons (Fsp3) is 0.467. The lowest BCUT2D eigenvalue weighted by Gasteiger charge is -2.02. The molecular weight excluding hydrogens is 332 g/mol. The Labute approximate surface area is 142 Å². The summed E-state index contributed by atoms with van der Waals surface area (Å²) in [6, 6.07) is 3.70. The van der Waals surface area contributed by atoms with Crippen molar-refractivity contribution in [3.05, 3.63) is 27.7 Å². The summed E-state index contributed by atoms with van der Waals surface area (Å²) >= 11 is 2.84. The van der Waals surface area contributed by atoms with Crippen molar-refractivity contribution < 1.29 is 9.59 Å². The zero-order valence-corrected chi connectivity index (χ0v) is 14.7. The van der Waals surface area contributed by atoms with Gasteiger partial charge in [0.05, 0.1) is 17.2 Å². The number of nitrogens with one attached hydrogen (secondary N) is 1. The Morgan fingerprint density at radius 1 is 1.39 bits per heavy atom. The van der Waals surface area contributed by atoms with Crippen molar-refractivity contribution in [1.29, 1.82) is 0 Å². The van der Waals surface area contributed by atoms with E-state index < -0.39 is 0 Å². The molecule has 0 radical (unpaired) electrons. The van der Waals surface area contributed by atoms with Gasteiger partial charge in [0.1, 0.15) is 5.82 Å². The number of rotatable bonds is 7. The van der Waals surface area contributed by atoms with Gasteiger partial charge in [-0.1, -0.05) is 11.8 Å². The zero-order valence-electron chi connectivity index (χ0n) is 13.0. The summed E-state index contributed by atoms with van der Waals surface area (Å²) in [6.45, 7) is 1.95. The summed E-state index contributed by atoms with van der Waals surface area (Å²) < 4.78 is 1.99. The van der Waals surface area contributed by atoms with Crippen molar-refractivity contribution >= 4 is 34.8 Å². The lowest BCUT2D eigenvalue weighted by Crippen LogP contribution is -2.18. The van der Waals surface area contributed by atoms with Crippen LogP contribution < -0.4 is 5.32 Å². The van der Waals surface area contributed by atoms with Gasteiger partial charge in [-0.15, -0.1) is 21.5 Å². The van der Waals surface area contributed by atoms with E-state index in [1.807, 2.05) is 23.7 Å². The molecule has 1 saturated carbocycles. The SMILES string of the molecule is CC(=O)NCc1ccc(C(=O)CSc2nnc(C3CC3)n2C)s1. The Bertz CT molecular complexity index is 734. The summed E-state index contributed by atoms with van der Waals surface area (Å²) in [6.07, 6.45) is 2.36. The molecule has 0 saturated heterocycles. The number of nitrogens with zero attached hydrogens (tertiary/aromatic N) is 3. The maximum Gasteiger partial charge on any atom is 0.217 e. The molecule has 2 aromatic heterocycles. The van der Waals surface area contributed by atoms with Crippen LogP contribution in [0.4, 0.5) is 0 Å². The molecule has 2 heterocycles. The molecule has 1 aliphatic carbocycles. The van der Waals surface area contributed by atoms with Crippen LogP contribution in [0.5, 0.6) is 0 Å². The molecule has 0 unspecified atom stereocenters. The first-order chi connectivity index (χ1) is 11.0. The van der Waals surface area contributed by atoms with E-state index in [-0.39, 0.29) is 11.7 Å². The molecule has 6 nitrogen and oxygen atoms in total. The second kappa shape index (κ2) is 6.84. The molecule has 23 heavy (non-hydrogen) atoms. The molecule has 1 N–H and O–H groups in total. The Balaban J connectivity index is 1.56. The van der Waals surface area contributed by atoms with E-state index in [0.29, 0.717) is 23.1 Å². The average molecular weight is 350 g/mol. The van der Waals surface area contributed by atoms with Crippen molar-refractivity contribution in [2.75, 3.05) is 5.75 Å². The average Bonchev–Trinajstić information content (AvgIpc) is 3.13. The van der Waals surface area contributed by atoms with Gasteiger partial charge in [-0.3, -0.25) is 9.59 Å². The lowest BCUT2D eigenvalue weighted by atomic mass is 10.3. The molecule has 1 aliphatic rings. The van der Waals surface area contributed by atoms with Gasteiger partial charge in [0.15, 0.2) is 10.9 Å². The minimum atomic E-state index is -0.0735. The van der Waals surface area contributed by atoms with Crippen LogP contribution in [0.2, 0.25) is 0 Å². The van der Waals surface area contributed by atoms with Crippen LogP contribution in [-0.2, 0) is 18.4 Å². The van der Waals surface area contributed by atoms with Crippen LogP contribution in [0.25, 0.3) is 0 Å². The zero-order chi connectivity index (χ0) is 16.4. The van der Waals surface area contributed by atoms with Gasteiger partial charge in [0.25, 0.3) is 0 Å².